The third-order valence-electron chi connectivity index (χ3n) is 2.30. The van der Waals surface area contributed by atoms with Gasteiger partial charge in [-0.1, -0.05) is 23.7 Å². The van der Waals surface area contributed by atoms with Gasteiger partial charge in [0.05, 0.1) is 21.4 Å². The van der Waals surface area contributed by atoms with Crippen LogP contribution in [0, 0.1) is 0 Å². The number of aromatic nitrogens is 3. The van der Waals surface area contributed by atoms with Gasteiger partial charge in [0.25, 0.3) is 0 Å². The second-order valence-electron chi connectivity index (χ2n) is 3.54. The summed E-state index contributed by atoms with van der Waals surface area (Å²) in [7, 11) is 0. The fourth-order valence-electron chi connectivity index (χ4n) is 1.47. The van der Waals surface area contributed by atoms with Gasteiger partial charge in [-0.25, -0.2) is 20.8 Å². The summed E-state index contributed by atoms with van der Waals surface area (Å²) in [5, 5.41) is 1.10. The topological polar surface area (TPSA) is 76.7 Å². The lowest BCUT2D eigenvalue weighted by Crippen LogP contribution is -2.10. The highest BCUT2D eigenvalue weighted by molar-refractivity contribution is 8.01. The Balaban J connectivity index is 1.96. The van der Waals surface area contributed by atoms with Crippen molar-refractivity contribution in [1.82, 2.24) is 15.0 Å². The standard InChI is InChI=1S/C11H8ClN5S2/c12-6-5-14-10(17-13)16-9(6)19-11-15-7-3-1-2-4-8(7)18-11/h1-5H,13H2,(H,14,16,17). The zero-order valence-electron chi connectivity index (χ0n) is 9.50. The second kappa shape index (κ2) is 5.30. The monoisotopic (exact) mass is 309 g/mol. The van der Waals surface area contributed by atoms with E-state index in [1.54, 1.807) is 11.3 Å². The van der Waals surface area contributed by atoms with Crippen molar-refractivity contribution in [2.45, 2.75) is 9.37 Å². The molecule has 0 aliphatic heterocycles. The van der Waals surface area contributed by atoms with Crippen LogP contribution in [0.1, 0.15) is 0 Å². The van der Waals surface area contributed by atoms with Crippen LogP contribution >= 0.6 is 34.7 Å². The number of thiazole rings is 1. The number of nitrogens with two attached hydrogens (primary N) is 1. The molecule has 0 saturated carbocycles. The second-order valence-corrected chi connectivity index (χ2v) is 6.21. The molecule has 0 bridgehead atoms. The van der Waals surface area contributed by atoms with E-state index in [-0.39, 0.29) is 0 Å². The highest BCUT2D eigenvalue weighted by Gasteiger charge is 2.10. The molecule has 0 unspecified atom stereocenters. The number of hydrogen-bond acceptors (Lipinski definition) is 7. The first-order chi connectivity index (χ1) is 9.26. The molecule has 3 N–H and O–H groups in total. The Morgan fingerprint density at radius 3 is 2.89 bits per heavy atom. The zero-order chi connectivity index (χ0) is 13.2. The van der Waals surface area contributed by atoms with Crippen molar-refractivity contribution < 1.29 is 0 Å². The van der Waals surface area contributed by atoms with Gasteiger partial charge in [-0.05, 0) is 23.9 Å². The van der Waals surface area contributed by atoms with Crippen molar-refractivity contribution in [3.8, 4) is 0 Å². The minimum Gasteiger partial charge on any atom is -0.292 e. The molecule has 3 rings (SSSR count). The first-order valence-corrected chi connectivity index (χ1v) is 7.30. The summed E-state index contributed by atoms with van der Waals surface area (Å²) in [5.74, 6) is 5.61. The van der Waals surface area contributed by atoms with Gasteiger partial charge in [-0.2, -0.15) is 0 Å². The molecule has 0 aliphatic carbocycles. The van der Waals surface area contributed by atoms with E-state index >= 15 is 0 Å². The molecule has 5 nitrogen and oxygen atoms in total. The van der Waals surface area contributed by atoms with E-state index in [0.29, 0.717) is 16.0 Å². The number of rotatable bonds is 3. The average Bonchev–Trinajstić information content (AvgIpc) is 2.83. The summed E-state index contributed by atoms with van der Waals surface area (Å²) < 4.78 is 2.01. The molecule has 0 fully saturated rings. The maximum Gasteiger partial charge on any atom is 0.238 e. The Kier molecular flexibility index (Phi) is 3.52. The van der Waals surface area contributed by atoms with E-state index in [9.17, 15) is 0 Å². The molecule has 2 heterocycles. The van der Waals surface area contributed by atoms with E-state index in [1.165, 1.54) is 18.0 Å². The van der Waals surface area contributed by atoms with Crippen LogP contribution < -0.4 is 11.3 Å². The molecule has 0 aliphatic rings. The van der Waals surface area contributed by atoms with E-state index in [4.69, 9.17) is 17.4 Å². The largest absolute Gasteiger partial charge is 0.292 e. The number of benzene rings is 1. The van der Waals surface area contributed by atoms with Crippen LogP contribution in [0.2, 0.25) is 5.02 Å². The summed E-state index contributed by atoms with van der Waals surface area (Å²) in [5.41, 5.74) is 3.37. The van der Waals surface area contributed by atoms with Gasteiger partial charge in [-0.15, -0.1) is 11.3 Å². The molecule has 1 aromatic carbocycles. The van der Waals surface area contributed by atoms with Crippen LogP contribution in [-0.4, -0.2) is 15.0 Å². The summed E-state index contributed by atoms with van der Waals surface area (Å²) in [4.78, 5) is 12.7. The summed E-state index contributed by atoms with van der Waals surface area (Å²) in [6.45, 7) is 0. The van der Waals surface area contributed by atoms with Crippen LogP contribution in [0.15, 0.2) is 39.8 Å². The van der Waals surface area contributed by atoms with Crippen molar-refractivity contribution in [3.05, 3.63) is 35.5 Å². The number of hydrazine groups is 1. The number of para-hydroxylation sites is 1. The Morgan fingerprint density at radius 2 is 2.11 bits per heavy atom. The summed E-state index contributed by atoms with van der Waals surface area (Å²) in [6.07, 6.45) is 1.51. The third kappa shape index (κ3) is 2.64. The number of nitrogen functional groups attached to an aromatic ring is 1. The molecular formula is C11H8ClN5S2. The fourth-order valence-corrected chi connectivity index (χ4v) is 3.64. The molecule has 2 aromatic heterocycles. The maximum absolute atomic E-state index is 6.06. The number of hydrogen-bond donors (Lipinski definition) is 2. The van der Waals surface area contributed by atoms with Crippen molar-refractivity contribution >= 4 is 50.9 Å². The van der Waals surface area contributed by atoms with E-state index < -0.39 is 0 Å². The van der Waals surface area contributed by atoms with Crippen LogP contribution in [0.25, 0.3) is 10.2 Å². The van der Waals surface area contributed by atoms with Crippen molar-refractivity contribution in [2.75, 3.05) is 5.43 Å². The van der Waals surface area contributed by atoms with Crippen molar-refractivity contribution in [3.63, 3.8) is 0 Å². The predicted octanol–water partition coefficient (Wildman–Crippen LogP) is 3.18. The summed E-state index contributed by atoms with van der Waals surface area (Å²) in [6, 6.07) is 7.96. The molecule has 3 aromatic rings. The highest BCUT2D eigenvalue weighted by atomic mass is 35.5. The Labute approximate surface area is 122 Å². The SMILES string of the molecule is NNc1ncc(Cl)c(Sc2nc3ccccc3s2)n1. The number of nitrogens with zero attached hydrogens (tertiary/aromatic N) is 3. The molecule has 0 atom stereocenters. The van der Waals surface area contributed by atoms with Crippen LogP contribution in [0.3, 0.4) is 0 Å². The number of halogens is 1. The minimum atomic E-state index is 0.327. The van der Waals surface area contributed by atoms with Crippen molar-refractivity contribution in [2.24, 2.45) is 5.84 Å². The fraction of sp³-hybridized carbons (Fsp3) is 0. The first kappa shape index (κ1) is 12.6. The molecule has 0 radical (unpaired) electrons. The number of anilines is 1. The maximum atomic E-state index is 6.06. The Bertz CT molecular complexity index is 697. The lowest BCUT2D eigenvalue weighted by atomic mass is 10.3. The summed E-state index contributed by atoms with van der Waals surface area (Å²) >= 11 is 9.06. The Hall–Kier alpha value is -1.41. The zero-order valence-corrected chi connectivity index (χ0v) is 11.9. The third-order valence-corrected chi connectivity index (χ3v) is 4.79. The minimum absolute atomic E-state index is 0.327. The predicted molar refractivity (Wildman–Crippen MR) is 78.6 cm³/mol. The van der Waals surface area contributed by atoms with Crippen LogP contribution in [0.5, 0.6) is 0 Å². The molecule has 96 valence electrons. The van der Waals surface area contributed by atoms with Gasteiger partial charge in [-0.3, -0.25) is 5.43 Å². The normalized spacial score (nSPS) is 10.8. The van der Waals surface area contributed by atoms with Gasteiger partial charge in [0.1, 0.15) is 5.03 Å². The van der Waals surface area contributed by atoms with Gasteiger partial charge in [0.15, 0.2) is 4.34 Å². The molecule has 0 spiro atoms. The number of nitrogens with one attached hydrogen (secondary N) is 1. The van der Waals surface area contributed by atoms with Gasteiger partial charge in [0.2, 0.25) is 5.95 Å². The van der Waals surface area contributed by atoms with Gasteiger partial charge in [0, 0.05) is 0 Å². The molecule has 8 heteroatoms. The molecule has 0 saturated heterocycles. The smallest absolute Gasteiger partial charge is 0.238 e. The van der Waals surface area contributed by atoms with Crippen LogP contribution in [-0.2, 0) is 0 Å². The van der Waals surface area contributed by atoms with Crippen molar-refractivity contribution in [1.29, 1.82) is 0 Å². The average molecular weight is 310 g/mol. The van der Waals surface area contributed by atoms with Crippen LogP contribution in [0.4, 0.5) is 5.95 Å². The van der Waals surface area contributed by atoms with E-state index in [1.807, 2.05) is 24.3 Å². The number of fused-ring (bicyclic) bond motifs is 1. The first-order valence-electron chi connectivity index (χ1n) is 5.29. The van der Waals surface area contributed by atoms with E-state index in [2.05, 4.69) is 20.4 Å². The molecule has 19 heavy (non-hydrogen) atoms. The quantitative estimate of drug-likeness (QED) is 0.439. The van der Waals surface area contributed by atoms with Gasteiger partial charge < -0.3 is 0 Å². The molecular weight excluding hydrogens is 302 g/mol. The Morgan fingerprint density at radius 1 is 1.26 bits per heavy atom. The van der Waals surface area contributed by atoms with Gasteiger partial charge >= 0.3 is 0 Å². The lowest BCUT2D eigenvalue weighted by Gasteiger charge is -2.02. The highest BCUT2D eigenvalue weighted by Crippen LogP contribution is 2.36. The lowest BCUT2D eigenvalue weighted by molar-refractivity contribution is 1.03. The molecule has 0 amide bonds. The van der Waals surface area contributed by atoms with E-state index in [0.717, 1.165) is 14.6 Å².